The normalized spacial score (nSPS) is 17.2. The highest BCUT2D eigenvalue weighted by Crippen LogP contribution is 2.26. The molecule has 0 bridgehead atoms. The Labute approximate surface area is 157 Å². The third kappa shape index (κ3) is 4.77. The van der Waals surface area contributed by atoms with Gasteiger partial charge in [-0.1, -0.05) is 12.1 Å². The summed E-state index contributed by atoms with van der Waals surface area (Å²) in [6.45, 7) is 4.61. The van der Waals surface area contributed by atoms with Gasteiger partial charge in [-0.3, -0.25) is 4.79 Å². The fraction of sp³-hybridized carbons (Fsp3) is 0.350. The second-order valence-electron chi connectivity index (χ2n) is 6.06. The van der Waals surface area contributed by atoms with E-state index in [1.165, 1.54) is 23.9 Å². The Morgan fingerprint density at radius 1 is 1.31 bits per heavy atom. The number of hydrogen-bond acceptors (Lipinski definition) is 4. The molecule has 1 saturated heterocycles. The standard InChI is InChI=1S/C20H23FN2O2S/c1-2-25-17-6-8-18(9-7-17)26-14-20(24)23-11-10-22-13-19(23)15-4-3-5-16(21)12-15/h3-9,12,19,22H,2,10-11,13-14H2,1H3. The molecule has 1 N–H and O–H groups in total. The maximum absolute atomic E-state index is 13.6. The van der Waals surface area contributed by atoms with Crippen molar-refractivity contribution >= 4 is 17.7 Å². The van der Waals surface area contributed by atoms with Crippen molar-refractivity contribution < 1.29 is 13.9 Å². The van der Waals surface area contributed by atoms with Crippen LogP contribution in [-0.2, 0) is 4.79 Å². The van der Waals surface area contributed by atoms with Crippen LogP contribution in [0.3, 0.4) is 0 Å². The van der Waals surface area contributed by atoms with Crippen LogP contribution in [0.15, 0.2) is 53.4 Å². The average molecular weight is 374 g/mol. The van der Waals surface area contributed by atoms with Crippen LogP contribution in [0, 0.1) is 5.82 Å². The summed E-state index contributed by atoms with van der Waals surface area (Å²) in [5.74, 6) is 0.986. The molecule has 4 nitrogen and oxygen atoms in total. The zero-order chi connectivity index (χ0) is 18.4. The van der Waals surface area contributed by atoms with E-state index in [0.717, 1.165) is 22.8 Å². The smallest absolute Gasteiger partial charge is 0.233 e. The van der Waals surface area contributed by atoms with Gasteiger partial charge in [0.15, 0.2) is 0 Å². The van der Waals surface area contributed by atoms with Crippen LogP contribution >= 0.6 is 11.8 Å². The van der Waals surface area contributed by atoms with E-state index in [2.05, 4.69) is 5.32 Å². The molecule has 138 valence electrons. The third-order valence-corrected chi connectivity index (χ3v) is 5.29. The topological polar surface area (TPSA) is 41.6 Å². The number of carbonyl (C=O) groups excluding carboxylic acids is 1. The number of nitrogens with one attached hydrogen (secondary N) is 1. The molecule has 1 atom stereocenters. The van der Waals surface area contributed by atoms with Gasteiger partial charge in [-0.25, -0.2) is 4.39 Å². The van der Waals surface area contributed by atoms with Crippen molar-refractivity contribution in [1.29, 1.82) is 0 Å². The molecule has 1 aliphatic rings. The van der Waals surface area contributed by atoms with Crippen molar-refractivity contribution in [2.24, 2.45) is 0 Å². The first-order valence-corrected chi connectivity index (χ1v) is 9.77. The van der Waals surface area contributed by atoms with Gasteiger partial charge in [-0.2, -0.15) is 0 Å². The molecule has 2 aromatic carbocycles. The number of piperazine rings is 1. The van der Waals surface area contributed by atoms with Gasteiger partial charge in [0.1, 0.15) is 11.6 Å². The fourth-order valence-corrected chi connectivity index (χ4v) is 3.83. The molecular formula is C20H23FN2O2S. The lowest BCUT2D eigenvalue weighted by Crippen LogP contribution is -2.49. The molecule has 0 radical (unpaired) electrons. The van der Waals surface area contributed by atoms with Crippen molar-refractivity contribution in [2.45, 2.75) is 17.9 Å². The van der Waals surface area contributed by atoms with E-state index >= 15 is 0 Å². The predicted octanol–water partition coefficient (Wildman–Crippen LogP) is 3.49. The van der Waals surface area contributed by atoms with Gasteiger partial charge in [-0.05, 0) is 48.9 Å². The van der Waals surface area contributed by atoms with Gasteiger partial charge in [0.2, 0.25) is 5.91 Å². The molecule has 1 heterocycles. The van der Waals surface area contributed by atoms with Gasteiger partial charge >= 0.3 is 0 Å². The average Bonchev–Trinajstić information content (AvgIpc) is 2.67. The summed E-state index contributed by atoms with van der Waals surface area (Å²) < 4.78 is 19.0. The van der Waals surface area contributed by atoms with Gasteiger partial charge in [0, 0.05) is 24.5 Å². The molecule has 1 amide bonds. The molecule has 2 aromatic rings. The first-order valence-electron chi connectivity index (χ1n) is 8.78. The SMILES string of the molecule is CCOc1ccc(SCC(=O)N2CCNCC2c2cccc(F)c2)cc1. The number of thioether (sulfide) groups is 1. The summed E-state index contributed by atoms with van der Waals surface area (Å²) in [6.07, 6.45) is 0. The molecule has 26 heavy (non-hydrogen) atoms. The monoisotopic (exact) mass is 374 g/mol. The molecule has 1 aliphatic heterocycles. The number of carbonyl (C=O) groups is 1. The van der Waals surface area contributed by atoms with Gasteiger partial charge in [0.05, 0.1) is 18.4 Å². The maximum atomic E-state index is 13.6. The number of benzene rings is 2. The maximum Gasteiger partial charge on any atom is 0.233 e. The lowest BCUT2D eigenvalue weighted by Gasteiger charge is -2.36. The second kappa shape index (κ2) is 9.05. The van der Waals surface area contributed by atoms with E-state index in [1.807, 2.05) is 42.2 Å². The number of ether oxygens (including phenoxy) is 1. The highest BCUT2D eigenvalue weighted by molar-refractivity contribution is 8.00. The Bertz CT molecular complexity index is 739. The third-order valence-electron chi connectivity index (χ3n) is 4.29. The number of halogens is 1. The molecular weight excluding hydrogens is 351 g/mol. The molecule has 1 unspecified atom stereocenters. The molecule has 1 fully saturated rings. The molecule has 0 spiro atoms. The van der Waals surface area contributed by atoms with Crippen molar-refractivity contribution in [2.75, 3.05) is 32.0 Å². The fourth-order valence-electron chi connectivity index (χ4n) is 3.04. The molecule has 0 saturated carbocycles. The minimum absolute atomic E-state index is 0.0691. The Morgan fingerprint density at radius 3 is 2.85 bits per heavy atom. The van der Waals surface area contributed by atoms with Crippen LogP contribution in [0.25, 0.3) is 0 Å². The van der Waals surface area contributed by atoms with E-state index in [-0.39, 0.29) is 17.8 Å². The van der Waals surface area contributed by atoms with E-state index in [0.29, 0.717) is 25.4 Å². The molecule has 0 aliphatic carbocycles. The van der Waals surface area contributed by atoms with Crippen LogP contribution in [0.4, 0.5) is 4.39 Å². The first kappa shape index (κ1) is 18.7. The minimum Gasteiger partial charge on any atom is -0.494 e. The predicted molar refractivity (Wildman–Crippen MR) is 102 cm³/mol. The van der Waals surface area contributed by atoms with E-state index in [9.17, 15) is 9.18 Å². The Kier molecular flexibility index (Phi) is 6.52. The van der Waals surface area contributed by atoms with E-state index < -0.39 is 0 Å². The van der Waals surface area contributed by atoms with Crippen LogP contribution in [0.5, 0.6) is 5.75 Å². The Hall–Kier alpha value is -2.05. The van der Waals surface area contributed by atoms with E-state index in [4.69, 9.17) is 4.74 Å². The minimum atomic E-state index is -0.274. The van der Waals surface area contributed by atoms with Crippen molar-refractivity contribution in [3.63, 3.8) is 0 Å². The Balaban J connectivity index is 1.63. The number of rotatable bonds is 6. The summed E-state index contributed by atoms with van der Waals surface area (Å²) in [5, 5.41) is 3.29. The van der Waals surface area contributed by atoms with Crippen LogP contribution in [-0.4, -0.2) is 42.8 Å². The highest BCUT2D eigenvalue weighted by Gasteiger charge is 2.27. The van der Waals surface area contributed by atoms with Crippen LogP contribution in [0.2, 0.25) is 0 Å². The van der Waals surface area contributed by atoms with Crippen LogP contribution in [0.1, 0.15) is 18.5 Å². The second-order valence-corrected chi connectivity index (χ2v) is 7.10. The summed E-state index contributed by atoms with van der Waals surface area (Å²) in [6, 6.07) is 14.1. The largest absolute Gasteiger partial charge is 0.494 e. The number of nitrogens with zero attached hydrogens (tertiary/aromatic N) is 1. The van der Waals surface area contributed by atoms with Crippen molar-refractivity contribution in [3.8, 4) is 5.75 Å². The highest BCUT2D eigenvalue weighted by atomic mass is 32.2. The summed E-state index contributed by atoms with van der Waals surface area (Å²) in [5.41, 5.74) is 0.830. The molecule has 6 heteroatoms. The van der Waals surface area contributed by atoms with Crippen LogP contribution < -0.4 is 10.1 Å². The zero-order valence-electron chi connectivity index (χ0n) is 14.8. The number of amides is 1. The van der Waals surface area contributed by atoms with Gasteiger partial charge in [-0.15, -0.1) is 11.8 Å². The quantitative estimate of drug-likeness (QED) is 0.786. The summed E-state index contributed by atoms with van der Waals surface area (Å²) >= 11 is 1.51. The summed E-state index contributed by atoms with van der Waals surface area (Å²) in [4.78, 5) is 15.6. The van der Waals surface area contributed by atoms with Crippen molar-refractivity contribution in [1.82, 2.24) is 10.2 Å². The molecule has 3 rings (SSSR count). The molecule has 0 aromatic heterocycles. The zero-order valence-corrected chi connectivity index (χ0v) is 15.6. The first-order chi connectivity index (χ1) is 12.7. The number of hydrogen-bond donors (Lipinski definition) is 1. The summed E-state index contributed by atoms with van der Waals surface area (Å²) in [7, 11) is 0. The van der Waals surface area contributed by atoms with Gasteiger partial charge in [0.25, 0.3) is 0 Å². The van der Waals surface area contributed by atoms with Crippen molar-refractivity contribution in [3.05, 3.63) is 59.9 Å². The lowest BCUT2D eigenvalue weighted by molar-refractivity contribution is -0.131. The van der Waals surface area contributed by atoms with Gasteiger partial charge < -0.3 is 15.0 Å². The van der Waals surface area contributed by atoms with E-state index in [1.54, 1.807) is 6.07 Å². The Morgan fingerprint density at radius 2 is 2.12 bits per heavy atom. The lowest BCUT2D eigenvalue weighted by atomic mass is 10.0.